The van der Waals surface area contributed by atoms with E-state index in [9.17, 15) is 9.59 Å². The fourth-order valence-electron chi connectivity index (χ4n) is 4.17. The molecular formula is C19H23N3O3. The second-order valence-electron chi connectivity index (χ2n) is 7.02. The van der Waals surface area contributed by atoms with Gasteiger partial charge in [0.05, 0.1) is 17.6 Å². The molecule has 4 rings (SSSR count). The van der Waals surface area contributed by atoms with Crippen LogP contribution in [0.5, 0.6) is 0 Å². The minimum atomic E-state index is -0.262. The normalized spacial score (nSPS) is 24.7. The van der Waals surface area contributed by atoms with Gasteiger partial charge in [0, 0.05) is 37.6 Å². The third-order valence-corrected chi connectivity index (χ3v) is 5.54. The van der Waals surface area contributed by atoms with Gasteiger partial charge in [-0.05, 0) is 43.4 Å². The quantitative estimate of drug-likeness (QED) is 0.923. The van der Waals surface area contributed by atoms with E-state index in [2.05, 4.69) is 0 Å². The average Bonchev–Trinajstić information content (AvgIpc) is 3.28. The van der Waals surface area contributed by atoms with Crippen molar-refractivity contribution in [3.05, 3.63) is 42.2 Å². The van der Waals surface area contributed by atoms with E-state index in [1.165, 1.54) is 0 Å². The lowest BCUT2D eigenvalue weighted by Crippen LogP contribution is -2.44. The van der Waals surface area contributed by atoms with Crippen molar-refractivity contribution in [2.45, 2.75) is 25.4 Å². The van der Waals surface area contributed by atoms with Crippen LogP contribution in [0.1, 0.15) is 29.6 Å². The van der Waals surface area contributed by atoms with Gasteiger partial charge in [-0.15, -0.1) is 0 Å². The lowest BCUT2D eigenvalue weighted by molar-refractivity contribution is -0.124. The number of ether oxygens (including phenoxy) is 1. The number of piperidine rings is 1. The monoisotopic (exact) mass is 341 g/mol. The fourth-order valence-corrected chi connectivity index (χ4v) is 4.17. The van der Waals surface area contributed by atoms with Crippen LogP contribution in [0.4, 0.5) is 0 Å². The summed E-state index contributed by atoms with van der Waals surface area (Å²) in [6.07, 6.45) is 6.18. The van der Waals surface area contributed by atoms with Gasteiger partial charge in [0.1, 0.15) is 0 Å². The third kappa shape index (κ3) is 3.02. The summed E-state index contributed by atoms with van der Waals surface area (Å²) in [4.78, 5) is 26.3. The van der Waals surface area contributed by atoms with E-state index in [1.54, 1.807) is 0 Å². The third-order valence-electron chi connectivity index (χ3n) is 5.54. The fraction of sp³-hybridized carbons (Fsp3) is 0.474. The SMILES string of the molecule is NC(=O)[C@H]1CCO[C@@H]1C1CCN(C(=O)c2cc3ccccn3c2)CC1. The van der Waals surface area contributed by atoms with Crippen molar-refractivity contribution in [1.82, 2.24) is 9.30 Å². The molecule has 2 aliphatic rings. The summed E-state index contributed by atoms with van der Waals surface area (Å²) in [6.45, 7) is 2.00. The number of likely N-dealkylation sites (tertiary alicyclic amines) is 1. The molecule has 0 unspecified atom stereocenters. The first kappa shape index (κ1) is 16.1. The number of pyridine rings is 1. The van der Waals surface area contributed by atoms with Crippen LogP contribution in [-0.4, -0.2) is 46.9 Å². The molecule has 0 saturated carbocycles. The molecule has 132 valence electrons. The maximum Gasteiger partial charge on any atom is 0.255 e. The number of nitrogens with two attached hydrogens (primary N) is 1. The Hall–Kier alpha value is -2.34. The summed E-state index contributed by atoms with van der Waals surface area (Å²) in [5.74, 6) is -0.0661. The van der Waals surface area contributed by atoms with Crippen molar-refractivity contribution in [3.63, 3.8) is 0 Å². The lowest BCUT2D eigenvalue weighted by atomic mass is 9.84. The zero-order valence-electron chi connectivity index (χ0n) is 14.1. The number of carbonyl (C=O) groups is 2. The first-order valence-corrected chi connectivity index (χ1v) is 8.90. The summed E-state index contributed by atoms with van der Waals surface area (Å²) in [5, 5.41) is 0. The van der Waals surface area contributed by atoms with E-state index in [4.69, 9.17) is 10.5 Å². The Morgan fingerprint density at radius 3 is 2.68 bits per heavy atom. The molecule has 6 heteroatoms. The zero-order valence-corrected chi connectivity index (χ0v) is 14.1. The summed E-state index contributed by atoms with van der Waals surface area (Å²) in [6, 6.07) is 7.83. The zero-order chi connectivity index (χ0) is 17.4. The molecule has 2 aliphatic heterocycles. The van der Waals surface area contributed by atoms with Crippen LogP contribution in [-0.2, 0) is 9.53 Å². The number of hydrogen-bond acceptors (Lipinski definition) is 3. The van der Waals surface area contributed by atoms with Gasteiger partial charge in [0.25, 0.3) is 5.91 Å². The average molecular weight is 341 g/mol. The lowest BCUT2D eigenvalue weighted by Gasteiger charge is -2.35. The van der Waals surface area contributed by atoms with E-state index < -0.39 is 0 Å². The second-order valence-corrected chi connectivity index (χ2v) is 7.02. The van der Waals surface area contributed by atoms with Gasteiger partial charge in [-0.1, -0.05) is 6.07 Å². The molecule has 2 aromatic heterocycles. The van der Waals surface area contributed by atoms with Gasteiger partial charge in [-0.3, -0.25) is 9.59 Å². The maximum absolute atomic E-state index is 12.8. The molecule has 0 aliphatic carbocycles. The standard InChI is InChI=1S/C19H23N3O3/c20-18(23)16-6-10-25-17(16)13-4-8-21(9-5-13)19(24)14-11-15-3-1-2-7-22(15)12-14/h1-3,7,11-13,16-17H,4-6,8-10H2,(H2,20,23)/t16-,17+/m0/s1. The molecule has 2 saturated heterocycles. The number of aromatic nitrogens is 1. The van der Waals surface area contributed by atoms with E-state index in [1.807, 2.05) is 46.0 Å². The molecule has 25 heavy (non-hydrogen) atoms. The highest BCUT2D eigenvalue weighted by Gasteiger charge is 2.39. The van der Waals surface area contributed by atoms with Crippen LogP contribution >= 0.6 is 0 Å². The smallest absolute Gasteiger partial charge is 0.255 e. The molecule has 4 heterocycles. The highest BCUT2D eigenvalue weighted by molar-refractivity contribution is 5.95. The van der Waals surface area contributed by atoms with Crippen molar-refractivity contribution >= 4 is 17.3 Å². The number of hydrogen-bond donors (Lipinski definition) is 1. The van der Waals surface area contributed by atoms with Crippen molar-refractivity contribution in [2.24, 2.45) is 17.6 Å². The Balaban J connectivity index is 1.41. The van der Waals surface area contributed by atoms with Crippen molar-refractivity contribution in [1.29, 1.82) is 0 Å². The van der Waals surface area contributed by atoms with Gasteiger partial charge in [-0.2, -0.15) is 0 Å². The first-order valence-electron chi connectivity index (χ1n) is 8.90. The van der Waals surface area contributed by atoms with Gasteiger partial charge in [0.2, 0.25) is 5.91 Å². The minimum absolute atomic E-state index is 0.0703. The molecule has 6 nitrogen and oxygen atoms in total. The van der Waals surface area contributed by atoms with Crippen molar-refractivity contribution in [2.75, 3.05) is 19.7 Å². The molecule has 2 aromatic rings. The topological polar surface area (TPSA) is 77.0 Å². The summed E-state index contributed by atoms with van der Waals surface area (Å²) in [7, 11) is 0. The van der Waals surface area contributed by atoms with E-state index in [-0.39, 0.29) is 23.8 Å². The molecule has 0 aromatic carbocycles. The number of amides is 2. The highest BCUT2D eigenvalue weighted by atomic mass is 16.5. The predicted molar refractivity (Wildman–Crippen MR) is 93.1 cm³/mol. The maximum atomic E-state index is 12.8. The first-order chi connectivity index (χ1) is 12.1. The van der Waals surface area contributed by atoms with Gasteiger partial charge < -0.3 is 19.8 Å². The molecule has 0 radical (unpaired) electrons. The molecule has 2 N–H and O–H groups in total. The van der Waals surface area contributed by atoms with Gasteiger partial charge >= 0.3 is 0 Å². The van der Waals surface area contributed by atoms with Crippen LogP contribution in [0.15, 0.2) is 36.7 Å². The highest BCUT2D eigenvalue weighted by Crippen LogP contribution is 2.33. The van der Waals surface area contributed by atoms with Crippen LogP contribution in [0.25, 0.3) is 5.52 Å². The Morgan fingerprint density at radius 2 is 1.96 bits per heavy atom. The Morgan fingerprint density at radius 1 is 1.16 bits per heavy atom. The number of nitrogens with zero attached hydrogens (tertiary/aromatic N) is 2. The van der Waals surface area contributed by atoms with E-state index >= 15 is 0 Å². The van der Waals surface area contributed by atoms with Gasteiger partial charge in [0.15, 0.2) is 0 Å². The van der Waals surface area contributed by atoms with Crippen molar-refractivity contribution < 1.29 is 14.3 Å². The van der Waals surface area contributed by atoms with Gasteiger partial charge in [-0.25, -0.2) is 0 Å². The van der Waals surface area contributed by atoms with Crippen LogP contribution < -0.4 is 5.73 Å². The predicted octanol–water partition coefficient (Wildman–Crippen LogP) is 1.68. The summed E-state index contributed by atoms with van der Waals surface area (Å²) < 4.78 is 7.74. The summed E-state index contributed by atoms with van der Waals surface area (Å²) in [5.41, 5.74) is 7.23. The molecule has 0 spiro atoms. The van der Waals surface area contributed by atoms with Crippen LogP contribution in [0, 0.1) is 11.8 Å². The molecule has 2 atom stereocenters. The molecule has 2 amide bonds. The Kier molecular flexibility index (Phi) is 4.21. The number of fused-ring (bicyclic) bond motifs is 1. The number of carbonyl (C=O) groups excluding carboxylic acids is 2. The number of rotatable bonds is 3. The molecule has 2 fully saturated rings. The van der Waals surface area contributed by atoms with Crippen LogP contribution in [0.2, 0.25) is 0 Å². The molecular weight excluding hydrogens is 318 g/mol. The number of primary amides is 1. The Bertz CT molecular complexity index is 759. The van der Waals surface area contributed by atoms with Crippen LogP contribution in [0.3, 0.4) is 0 Å². The Labute approximate surface area is 146 Å². The molecule has 0 bridgehead atoms. The summed E-state index contributed by atoms with van der Waals surface area (Å²) >= 11 is 0. The second kappa shape index (κ2) is 6.52. The largest absolute Gasteiger partial charge is 0.377 e. The van der Waals surface area contributed by atoms with Crippen molar-refractivity contribution in [3.8, 4) is 0 Å². The minimum Gasteiger partial charge on any atom is -0.377 e. The van der Waals surface area contributed by atoms with E-state index in [0.717, 1.165) is 30.3 Å². The van der Waals surface area contributed by atoms with E-state index in [0.29, 0.717) is 25.6 Å².